The van der Waals surface area contributed by atoms with E-state index >= 15 is 0 Å². The molecule has 0 unspecified atom stereocenters. The van der Waals surface area contributed by atoms with E-state index in [9.17, 15) is 0 Å². The number of hydrogen-bond donors (Lipinski definition) is 1. The Labute approximate surface area is 123 Å². The molecule has 2 aromatic carbocycles. The van der Waals surface area contributed by atoms with Crippen LogP contribution in [0.4, 0.5) is 5.69 Å². The van der Waals surface area contributed by atoms with E-state index < -0.39 is 0 Å². The summed E-state index contributed by atoms with van der Waals surface area (Å²) in [5.41, 5.74) is 2.96. The summed E-state index contributed by atoms with van der Waals surface area (Å²) < 4.78 is 17.0. The number of nitrogens with one attached hydrogen (secondary N) is 1. The van der Waals surface area contributed by atoms with Crippen molar-refractivity contribution in [3.8, 4) is 11.5 Å². The van der Waals surface area contributed by atoms with Gasteiger partial charge in [-0.25, -0.2) is 0 Å². The van der Waals surface area contributed by atoms with Crippen molar-refractivity contribution in [2.24, 2.45) is 0 Å². The first kappa shape index (κ1) is 12.5. The van der Waals surface area contributed by atoms with Gasteiger partial charge in [-0.1, -0.05) is 24.3 Å². The Morgan fingerprint density at radius 1 is 1.05 bits per heavy atom. The fourth-order valence-electron chi connectivity index (χ4n) is 2.89. The van der Waals surface area contributed by atoms with Gasteiger partial charge in [-0.2, -0.15) is 0 Å². The third kappa shape index (κ3) is 2.03. The van der Waals surface area contributed by atoms with Crippen molar-refractivity contribution in [3.05, 3.63) is 53.6 Å². The van der Waals surface area contributed by atoms with Gasteiger partial charge in [0.25, 0.3) is 0 Å². The van der Waals surface area contributed by atoms with Gasteiger partial charge in [0.15, 0.2) is 17.7 Å². The molecule has 2 heterocycles. The van der Waals surface area contributed by atoms with E-state index in [4.69, 9.17) is 14.2 Å². The van der Waals surface area contributed by atoms with Gasteiger partial charge in [-0.05, 0) is 32.0 Å². The highest BCUT2D eigenvalue weighted by Crippen LogP contribution is 2.43. The van der Waals surface area contributed by atoms with E-state index in [2.05, 4.69) is 31.3 Å². The molecule has 1 atom stereocenters. The van der Waals surface area contributed by atoms with Crippen LogP contribution in [0.15, 0.2) is 42.5 Å². The molecule has 0 radical (unpaired) electrons. The van der Waals surface area contributed by atoms with Crippen LogP contribution in [0.25, 0.3) is 0 Å². The predicted molar refractivity (Wildman–Crippen MR) is 79.5 cm³/mol. The van der Waals surface area contributed by atoms with Crippen molar-refractivity contribution in [2.45, 2.75) is 25.7 Å². The van der Waals surface area contributed by atoms with Gasteiger partial charge >= 0.3 is 0 Å². The predicted octanol–water partition coefficient (Wildman–Crippen LogP) is 3.79. The molecule has 0 spiro atoms. The van der Waals surface area contributed by atoms with Crippen LogP contribution >= 0.6 is 0 Å². The lowest BCUT2D eigenvalue weighted by atomic mass is 9.93. The third-order valence-corrected chi connectivity index (χ3v) is 3.97. The van der Waals surface area contributed by atoms with Gasteiger partial charge in [0.1, 0.15) is 0 Å². The van der Waals surface area contributed by atoms with Gasteiger partial charge in [-0.3, -0.25) is 0 Å². The first-order valence-corrected chi connectivity index (χ1v) is 7.07. The highest BCUT2D eigenvalue weighted by Gasteiger charge is 2.34. The molecule has 0 saturated heterocycles. The van der Waals surface area contributed by atoms with Crippen LogP contribution in [0.2, 0.25) is 0 Å². The van der Waals surface area contributed by atoms with Crippen molar-refractivity contribution >= 4 is 5.69 Å². The van der Waals surface area contributed by atoms with E-state index in [1.165, 1.54) is 5.56 Å². The number of fused-ring (bicyclic) bond motifs is 2. The minimum absolute atomic E-state index is 0.204. The maximum atomic E-state index is 6.24. The quantitative estimate of drug-likeness (QED) is 0.864. The van der Waals surface area contributed by atoms with Crippen LogP contribution in [0, 0.1) is 0 Å². The standard InChI is InChI=1S/C17H17NO3/c1-17(2)12-5-3-4-6-13(12)18-16(21-17)11-7-8-14-15(9-11)20-10-19-14/h3-9,16,18H,10H2,1-2H3/t16-/m1/s1. The van der Waals surface area contributed by atoms with Gasteiger partial charge in [0.05, 0.1) is 5.60 Å². The van der Waals surface area contributed by atoms with Crippen molar-refractivity contribution < 1.29 is 14.2 Å². The maximum absolute atomic E-state index is 6.24. The molecule has 4 heteroatoms. The molecule has 4 rings (SSSR count). The molecule has 0 fully saturated rings. The SMILES string of the molecule is CC1(C)O[C@H](c2ccc3c(c2)OCO3)Nc2ccccc21. The van der Waals surface area contributed by atoms with Crippen LogP contribution in [0.3, 0.4) is 0 Å². The molecule has 0 aromatic heterocycles. The average Bonchev–Trinajstić information content (AvgIpc) is 2.94. The first-order chi connectivity index (χ1) is 10.1. The molecule has 2 aromatic rings. The smallest absolute Gasteiger partial charge is 0.231 e. The summed E-state index contributed by atoms with van der Waals surface area (Å²) >= 11 is 0. The Balaban J connectivity index is 1.72. The number of rotatable bonds is 1. The Morgan fingerprint density at radius 2 is 1.86 bits per heavy atom. The molecule has 0 amide bonds. The molecule has 0 saturated carbocycles. The summed E-state index contributed by atoms with van der Waals surface area (Å²) in [6.07, 6.45) is -0.204. The lowest BCUT2D eigenvalue weighted by molar-refractivity contribution is -0.0734. The van der Waals surface area contributed by atoms with Crippen molar-refractivity contribution in [1.29, 1.82) is 0 Å². The molecular formula is C17H17NO3. The lowest BCUT2D eigenvalue weighted by Gasteiger charge is -2.39. The second-order valence-electron chi connectivity index (χ2n) is 5.81. The Kier molecular flexibility index (Phi) is 2.62. The zero-order valence-electron chi connectivity index (χ0n) is 12.1. The first-order valence-electron chi connectivity index (χ1n) is 7.07. The van der Waals surface area contributed by atoms with Crippen LogP contribution in [-0.4, -0.2) is 6.79 Å². The summed E-state index contributed by atoms with van der Waals surface area (Å²) in [6, 6.07) is 14.2. The Hall–Kier alpha value is -2.20. The summed E-state index contributed by atoms with van der Waals surface area (Å²) in [6.45, 7) is 4.46. The molecule has 108 valence electrons. The molecule has 21 heavy (non-hydrogen) atoms. The normalized spacial score (nSPS) is 21.5. The third-order valence-electron chi connectivity index (χ3n) is 3.97. The van der Waals surface area contributed by atoms with E-state index in [1.807, 2.05) is 30.3 Å². The minimum atomic E-state index is -0.344. The molecule has 2 aliphatic heterocycles. The van der Waals surface area contributed by atoms with Crippen molar-refractivity contribution in [1.82, 2.24) is 0 Å². The fourth-order valence-corrected chi connectivity index (χ4v) is 2.89. The van der Waals surface area contributed by atoms with Gasteiger partial charge in [-0.15, -0.1) is 0 Å². The van der Waals surface area contributed by atoms with E-state index in [0.717, 1.165) is 22.7 Å². The second-order valence-corrected chi connectivity index (χ2v) is 5.81. The van der Waals surface area contributed by atoms with Crippen LogP contribution in [0.5, 0.6) is 11.5 Å². The highest BCUT2D eigenvalue weighted by atomic mass is 16.7. The Morgan fingerprint density at radius 3 is 2.76 bits per heavy atom. The van der Waals surface area contributed by atoms with Crippen molar-refractivity contribution in [3.63, 3.8) is 0 Å². The highest BCUT2D eigenvalue weighted by molar-refractivity contribution is 5.57. The van der Waals surface area contributed by atoms with E-state index in [1.54, 1.807) is 0 Å². The molecule has 2 aliphatic rings. The number of benzene rings is 2. The zero-order chi connectivity index (χ0) is 14.4. The number of anilines is 1. The molecule has 4 nitrogen and oxygen atoms in total. The van der Waals surface area contributed by atoms with Gasteiger partial charge in [0.2, 0.25) is 6.79 Å². The van der Waals surface area contributed by atoms with Gasteiger partial charge < -0.3 is 19.5 Å². The van der Waals surface area contributed by atoms with E-state index in [0.29, 0.717) is 0 Å². The van der Waals surface area contributed by atoms with E-state index in [-0.39, 0.29) is 18.6 Å². The maximum Gasteiger partial charge on any atom is 0.231 e. The molecule has 1 N–H and O–H groups in total. The molecule has 0 bridgehead atoms. The van der Waals surface area contributed by atoms with Crippen LogP contribution in [0.1, 0.15) is 31.2 Å². The number of hydrogen-bond acceptors (Lipinski definition) is 4. The summed E-state index contributed by atoms with van der Waals surface area (Å²) in [5.74, 6) is 1.56. The summed E-state index contributed by atoms with van der Waals surface area (Å²) in [4.78, 5) is 0. The average molecular weight is 283 g/mol. The molecular weight excluding hydrogens is 266 g/mol. The number of ether oxygens (including phenoxy) is 3. The summed E-state index contributed by atoms with van der Waals surface area (Å²) in [7, 11) is 0. The van der Waals surface area contributed by atoms with Crippen LogP contribution in [-0.2, 0) is 10.3 Å². The van der Waals surface area contributed by atoms with Crippen molar-refractivity contribution in [2.75, 3.05) is 12.1 Å². The molecule has 0 aliphatic carbocycles. The second kappa shape index (κ2) is 4.40. The zero-order valence-corrected chi connectivity index (χ0v) is 12.1. The summed E-state index contributed by atoms with van der Waals surface area (Å²) in [5, 5.41) is 3.44. The lowest BCUT2D eigenvalue weighted by Crippen LogP contribution is -2.33. The van der Waals surface area contributed by atoms with Gasteiger partial charge in [0, 0.05) is 16.8 Å². The topological polar surface area (TPSA) is 39.7 Å². The largest absolute Gasteiger partial charge is 0.454 e. The minimum Gasteiger partial charge on any atom is -0.454 e. The van der Waals surface area contributed by atoms with Crippen LogP contribution < -0.4 is 14.8 Å². The fraction of sp³-hybridized carbons (Fsp3) is 0.294. The monoisotopic (exact) mass is 283 g/mol. The Bertz CT molecular complexity index is 696. The number of para-hydroxylation sites is 1.